The normalized spacial score (nSPS) is 19.5. The molecule has 404 valence electrons. The molecule has 0 spiro atoms. The number of carbonyl (C=O) groups excluding carboxylic acids is 3. The number of hydrogen-bond donors (Lipinski definition) is 5. The van der Waals surface area contributed by atoms with Crippen LogP contribution in [0.3, 0.4) is 0 Å². The number of allylic oxidation sites excluding steroid dienone is 8. The van der Waals surface area contributed by atoms with Crippen LogP contribution in [0.25, 0.3) is 0 Å². The van der Waals surface area contributed by atoms with E-state index in [1.165, 1.54) is 31.7 Å². The summed E-state index contributed by atoms with van der Waals surface area (Å²) in [5, 5.41) is 20.9. The van der Waals surface area contributed by atoms with Crippen molar-refractivity contribution in [2.45, 2.75) is 205 Å². The molecule has 0 radical (unpaired) electrons. The van der Waals surface area contributed by atoms with E-state index in [4.69, 9.17) is 29.0 Å². The third kappa shape index (κ3) is 30.9. The Hall–Kier alpha value is -3.61. The number of phosphoric ester groups is 2. The maximum Gasteiger partial charge on any atom is 0.481 e. The van der Waals surface area contributed by atoms with E-state index in [0.29, 0.717) is 25.7 Å². The summed E-state index contributed by atoms with van der Waals surface area (Å²) < 4.78 is 56.7. The number of phosphoric acid groups is 2. The first kappa shape index (κ1) is 63.5. The fraction of sp³-hybridized carbons (Fsp3) is 0.700. The van der Waals surface area contributed by atoms with E-state index < -0.39 is 83.7 Å². The summed E-state index contributed by atoms with van der Waals surface area (Å²) in [6.45, 7) is 1.96. The van der Waals surface area contributed by atoms with Crippen molar-refractivity contribution in [2.75, 3.05) is 25.6 Å². The predicted molar refractivity (Wildman–Crippen MR) is 271 cm³/mol. The number of aliphatic hydroxyl groups is 2. The first-order chi connectivity index (χ1) is 34.1. The van der Waals surface area contributed by atoms with Gasteiger partial charge in [0, 0.05) is 25.5 Å². The van der Waals surface area contributed by atoms with Crippen LogP contribution in [0.4, 0.5) is 5.82 Å². The van der Waals surface area contributed by atoms with Gasteiger partial charge in [-0.15, -0.1) is 0 Å². The zero-order valence-electron chi connectivity index (χ0n) is 42.0. The van der Waals surface area contributed by atoms with Crippen LogP contribution in [0.5, 0.6) is 0 Å². The lowest BCUT2D eigenvalue weighted by atomic mass is 10.1. The van der Waals surface area contributed by atoms with Gasteiger partial charge in [-0.1, -0.05) is 133 Å². The minimum Gasteiger partial charge on any atom is -0.462 e. The van der Waals surface area contributed by atoms with Gasteiger partial charge in [0.2, 0.25) is 0 Å². The lowest BCUT2D eigenvalue weighted by Gasteiger charge is -2.21. The molecule has 0 bridgehead atoms. The van der Waals surface area contributed by atoms with E-state index in [2.05, 4.69) is 53.5 Å². The van der Waals surface area contributed by atoms with Crippen molar-refractivity contribution in [1.82, 2.24) is 9.55 Å². The Bertz CT molecular complexity index is 1940. The van der Waals surface area contributed by atoms with Gasteiger partial charge < -0.3 is 39.9 Å². The van der Waals surface area contributed by atoms with Gasteiger partial charge in [0.15, 0.2) is 18.1 Å². The number of nitrogens with two attached hydrogens (primary N) is 1. The number of carbonyl (C=O) groups is 3. The molecular formula is C50H83N3O16P2. The molecule has 1 fully saturated rings. The number of ketones is 1. The molecule has 1 aromatic heterocycles. The van der Waals surface area contributed by atoms with Gasteiger partial charge in [0.25, 0.3) is 0 Å². The molecule has 7 atom stereocenters. The number of esters is 2. The smallest absolute Gasteiger partial charge is 0.462 e. The summed E-state index contributed by atoms with van der Waals surface area (Å²) in [6.07, 6.45) is 31.5. The topological polar surface area (TPSA) is 283 Å². The number of ether oxygens (including phenoxy) is 3. The minimum absolute atomic E-state index is 0.0153. The van der Waals surface area contributed by atoms with Crippen molar-refractivity contribution >= 4 is 39.2 Å². The lowest BCUT2D eigenvalue weighted by Crippen LogP contribution is -2.36. The number of nitrogens with zero attached hydrogens (tertiary/aromatic N) is 2. The first-order valence-corrected chi connectivity index (χ1v) is 28.6. The van der Waals surface area contributed by atoms with Crippen LogP contribution in [0, 0.1) is 0 Å². The van der Waals surface area contributed by atoms with E-state index in [0.717, 1.165) is 107 Å². The van der Waals surface area contributed by atoms with Crippen molar-refractivity contribution in [3.63, 3.8) is 0 Å². The third-order valence-electron chi connectivity index (χ3n) is 11.4. The maximum atomic E-state index is 12.9. The van der Waals surface area contributed by atoms with Crippen LogP contribution < -0.4 is 11.4 Å². The van der Waals surface area contributed by atoms with Crippen LogP contribution in [0.1, 0.15) is 181 Å². The largest absolute Gasteiger partial charge is 0.481 e. The van der Waals surface area contributed by atoms with Gasteiger partial charge in [-0.2, -0.15) is 9.29 Å². The van der Waals surface area contributed by atoms with Gasteiger partial charge in [0.05, 0.1) is 13.2 Å². The number of aromatic nitrogens is 2. The maximum absolute atomic E-state index is 12.9. The Morgan fingerprint density at radius 1 is 0.718 bits per heavy atom. The highest BCUT2D eigenvalue weighted by Crippen LogP contribution is 2.60. The van der Waals surface area contributed by atoms with Crippen LogP contribution >= 0.6 is 15.6 Å². The molecule has 19 nitrogen and oxygen atoms in total. The highest BCUT2D eigenvalue weighted by atomic mass is 31.3. The van der Waals surface area contributed by atoms with E-state index in [-0.39, 0.29) is 24.4 Å². The molecule has 0 aromatic carbocycles. The quantitative estimate of drug-likeness (QED) is 0.0102. The standard InChI is InChI=1S/C50H83N3O16P2/c1-3-5-7-9-11-12-13-14-15-16-17-18-19-20-22-26-31-35-46(56)67-42(38-64-45(55)34-30-27-23-25-29-33-41(54)32-28-24-21-10-8-6-4-2)39-65-70(60,61)69-71(62,63)66-40-43-47(57)48(58)49(68-43)53-37-36-44(51)52-50(53)59/h11-12,14-15,21,24,28,32,36-37,42-43,47-49,57-58H,3-10,13,16-20,22-23,25-27,29-31,33-35,38-40H2,1-2H3,(H,60,61)(H,62,63)(H2,51,52,59)/b12-11-,15-14-,24-21-,32-28+/t42-,43-,47-,48-,49-/m1/s1. The zero-order valence-corrected chi connectivity index (χ0v) is 43.8. The number of unbranched alkanes of at least 4 members (excludes halogenated alkanes) is 17. The van der Waals surface area contributed by atoms with Gasteiger partial charge in [-0.3, -0.25) is 28.0 Å². The Morgan fingerprint density at radius 2 is 1.27 bits per heavy atom. The van der Waals surface area contributed by atoms with Gasteiger partial charge in [-0.25, -0.2) is 13.9 Å². The van der Waals surface area contributed by atoms with Crippen molar-refractivity contribution < 1.29 is 71.1 Å². The molecule has 0 aliphatic carbocycles. The second kappa shape index (κ2) is 38.0. The van der Waals surface area contributed by atoms with E-state index >= 15 is 0 Å². The third-order valence-corrected chi connectivity index (χ3v) is 14.0. The number of hydrogen-bond acceptors (Lipinski definition) is 16. The summed E-state index contributed by atoms with van der Waals surface area (Å²) >= 11 is 0. The molecule has 71 heavy (non-hydrogen) atoms. The molecule has 1 aliphatic heterocycles. The van der Waals surface area contributed by atoms with Crippen LogP contribution in [-0.4, -0.2) is 91.5 Å². The Labute approximate surface area is 420 Å². The molecular weight excluding hydrogens is 961 g/mol. The van der Waals surface area contributed by atoms with Crippen molar-refractivity contribution in [2.24, 2.45) is 0 Å². The average molecular weight is 1040 g/mol. The van der Waals surface area contributed by atoms with E-state index in [1.807, 2.05) is 6.08 Å². The van der Waals surface area contributed by atoms with Gasteiger partial charge in [0.1, 0.15) is 30.7 Å². The summed E-state index contributed by atoms with van der Waals surface area (Å²) in [6, 6.07) is 1.24. The van der Waals surface area contributed by atoms with Gasteiger partial charge >= 0.3 is 33.3 Å². The molecule has 21 heteroatoms. The van der Waals surface area contributed by atoms with Gasteiger partial charge in [-0.05, 0) is 76.4 Å². The summed E-state index contributed by atoms with van der Waals surface area (Å²) in [5.74, 6) is -1.34. The second-order valence-electron chi connectivity index (χ2n) is 17.7. The Morgan fingerprint density at radius 3 is 1.89 bits per heavy atom. The molecule has 1 aliphatic rings. The monoisotopic (exact) mass is 1040 g/mol. The van der Waals surface area contributed by atoms with Crippen molar-refractivity contribution in [3.05, 3.63) is 71.4 Å². The zero-order chi connectivity index (χ0) is 52.2. The fourth-order valence-electron chi connectivity index (χ4n) is 7.32. The van der Waals surface area contributed by atoms with Crippen LogP contribution in [0.15, 0.2) is 65.7 Å². The summed E-state index contributed by atoms with van der Waals surface area (Å²) in [4.78, 5) is 74.0. The average Bonchev–Trinajstić information content (AvgIpc) is 3.60. The lowest BCUT2D eigenvalue weighted by molar-refractivity contribution is -0.161. The van der Waals surface area contributed by atoms with E-state index in [1.54, 1.807) is 12.2 Å². The molecule has 1 saturated heterocycles. The molecule has 0 saturated carbocycles. The number of rotatable bonds is 42. The highest BCUT2D eigenvalue weighted by Gasteiger charge is 2.46. The highest BCUT2D eigenvalue weighted by molar-refractivity contribution is 7.61. The van der Waals surface area contributed by atoms with Crippen LogP contribution in [0.2, 0.25) is 0 Å². The Kier molecular flexibility index (Phi) is 34.0. The fourth-order valence-corrected chi connectivity index (χ4v) is 9.43. The second-order valence-corrected chi connectivity index (χ2v) is 20.7. The number of aliphatic hydroxyl groups excluding tert-OH is 2. The number of nitrogen functional groups attached to an aromatic ring is 1. The minimum atomic E-state index is -5.45. The first-order valence-electron chi connectivity index (χ1n) is 25.6. The molecule has 2 heterocycles. The molecule has 2 rings (SSSR count). The van der Waals surface area contributed by atoms with Crippen molar-refractivity contribution in [3.8, 4) is 0 Å². The molecule has 0 amide bonds. The molecule has 1 aromatic rings. The summed E-state index contributed by atoms with van der Waals surface area (Å²) in [5.41, 5.74) is 4.57. The van der Waals surface area contributed by atoms with Crippen molar-refractivity contribution in [1.29, 1.82) is 0 Å². The molecule has 6 N–H and O–H groups in total. The SMILES string of the molecule is CCCCC/C=C\C=C\C(=O)CCCCCCCC(=O)OC[C@H](COP(=O)(O)OP(=O)(O)OC[C@H]1O[C@@H](n2ccc(N)nc2=O)[C@H](O)[C@@H]1O)OC(=O)CCCCCCCCC/C=C\C/C=C\CCCCC. The Balaban J connectivity index is 1.82. The number of anilines is 1. The summed E-state index contributed by atoms with van der Waals surface area (Å²) in [7, 11) is -10.9. The molecule has 2 unspecified atom stereocenters. The van der Waals surface area contributed by atoms with Crippen LogP contribution in [-0.2, 0) is 51.1 Å². The predicted octanol–water partition coefficient (Wildman–Crippen LogP) is 9.74. The van der Waals surface area contributed by atoms with E-state index in [9.17, 15) is 48.3 Å².